The van der Waals surface area contributed by atoms with Crippen molar-refractivity contribution < 1.29 is 23.1 Å². The molecule has 35 heavy (non-hydrogen) atoms. The highest BCUT2D eigenvalue weighted by Gasteiger charge is 2.47. The molecule has 0 aliphatic carbocycles. The average Bonchev–Trinajstić information content (AvgIpc) is 2.97. The summed E-state index contributed by atoms with van der Waals surface area (Å²) in [6.07, 6.45) is -3.38. The Bertz CT molecular complexity index is 1390. The lowest BCUT2D eigenvalue weighted by atomic mass is 9.94. The smallest absolute Gasteiger partial charge is 0.408 e. The minimum Gasteiger partial charge on any atom is -0.502 e. The molecule has 3 heterocycles. The molecule has 3 aromatic rings. The second-order valence-electron chi connectivity index (χ2n) is 8.37. The Morgan fingerprint density at radius 3 is 2.60 bits per heavy atom. The molecule has 2 aromatic carbocycles. The van der Waals surface area contributed by atoms with E-state index in [1.165, 1.54) is 10.9 Å². The van der Waals surface area contributed by atoms with Crippen molar-refractivity contribution in [3.8, 4) is 5.75 Å². The van der Waals surface area contributed by atoms with Crippen molar-refractivity contribution in [1.82, 2.24) is 9.58 Å². The molecule has 6 nitrogen and oxygen atoms in total. The summed E-state index contributed by atoms with van der Waals surface area (Å²) in [6.45, 7) is 0.486. The van der Waals surface area contributed by atoms with Gasteiger partial charge in [0.05, 0.1) is 6.04 Å². The van der Waals surface area contributed by atoms with E-state index in [-0.39, 0.29) is 0 Å². The quantitative estimate of drug-likeness (QED) is 0.473. The third-order valence-corrected chi connectivity index (χ3v) is 7.96. The van der Waals surface area contributed by atoms with Crippen LogP contribution in [0.5, 0.6) is 5.75 Å². The van der Waals surface area contributed by atoms with Gasteiger partial charge in [0.15, 0.2) is 11.4 Å². The average molecular weight is 566 g/mol. The highest BCUT2D eigenvalue weighted by atomic mass is 79.9. The Kier molecular flexibility index (Phi) is 5.87. The van der Waals surface area contributed by atoms with Crippen molar-refractivity contribution in [1.29, 1.82) is 0 Å². The van der Waals surface area contributed by atoms with Gasteiger partial charge in [-0.05, 0) is 41.8 Å². The van der Waals surface area contributed by atoms with Crippen molar-refractivity contribution in [2.45, 2.75) is 35.8 Å². The van der Waals surface area contributed by atoms with E-state index in [0.29, 0.717) is 10.7 Å². The number of aromatic nitrogens is 1. The number of benzene rings is 2. The number of fused-ring (bicyclic) bond motifs is 3. The molecule has 0 fully saturated rings. The van der Waals surface area contributed by atoms with Crippen LogP contribution in [0.15, 0.2) is 68.9 Å². The Morgan fingerprint density at radius 1 is 1.11 bits per heavy atom. The van der Waals surface area contributed by atoms with E-state index in [1.807, 2.05) is 42.5 Å². The maximum atomic E-state index is 13.8. The van der Waals surface area contributed by atoms with Crippen LogP contribution in [-0.4, -0.2) is 39.5 Å². The normalized spacial score (nSPS) is 18.4. The van der Waals surface area contributed by atoms with Crippen LogP contribution < -0.4 is 10.4 Å². The summed E-state index contributed by atoms with van der Waals surface area (Å²) in [5, 5.41) is 12.1. The van der Waals surface area contributed by atoms with Gasteiger partial charge in [-0.3, -0.25) is 19.3 Å². The number of carbonyl (C=O) groups excluding carboxylic acids is 1. The van der Waals surface area contributed by atoms with Gasteiger partial charge in [-0.1, -0.05) is 40.2 Å². The highest BCUT2D eigenvalue weighted by molar-refractivity contribution is 9.10. The molecule has 1 unspecified atom stereocenters. The molecule has 0 saturated carbocycles. The molecule has 182 valence electrons. The number of amides is 1. The molecule has 1 amide bonds. The molecule has 2 atom stereocenters. The van der Waals surface area contributed by atoms with Gasteiger partial charge in [0.1, 0.15) is 12.7 Å². The summed E-state index contributed by atoms with van der Waals surface area (Å²) < 4.78 is 43.5. The first-order valence-electron chi connectivity index (χ1n) is 10.7. The van der Waals surface area contributed by atoms with E-state index in [4.69, 9.17) is 0 Å². The number of alkyl halides is 3. The minimum absolute atomic E-state index is 0.409. The number of carbonyl (C=O) groups is 1. The van der Waals surface area contributed by atoms with Crippen LogP contribution in [0.25, 0.3) is 0 Å². The van der Waals surface area contributed by atoms with Crippen LogP contribution >= 0.6 is 27.7 Å². The van der Waals surface area contributed by atoms with Gasteiger partial charge in [-0.15, -0.1) is 11.8 Å². The summed E-state index contributed by atoms with van der Waals surface area (Å²) in [4.78, 5) is 27.0. The first kappa shape index (κ1) is 23.8. The zero-order chi connectivity index (χ0) is 25.1. The number of halogens is 4. The molecule has 2 aliphatic heterocycles. The number of pyridine rings is 1. The predicted octanol–water partition coefficient (Wildman–Crippen LogP) is 5.01. The zero-order valence-corrected chi connectivity index (χ0v) is 20.7. The number of hydrogen-bond donors (Lipinski definition) is 1. The predicted molar refractivity (Wildman–Crippen MR) is 129 cm³/mol. The second kappa shape index (κ2) is 8.63. The van der Waals surface area contributed by atoms with Crippen molar-refractivity contribution in [3.63, 3.8) is 0 Å². The maximum absolute atomic E-state index is 13.8. The Morgan fingerprint density at radius 2 is 1.86 bits per heavy atom. The van der Waals surface area contributed by atoms with Crippen LogP contribution in [0.2, 0.25) is 0 Å². The van der Waals surface area contributed by atoms with Crippen molar-refractivity contribution in [2.75, 3.05) is 11.7 Å². The van der Waals surface area contributed by atoms with Crippen LogP contribution in [0.4, 0.5) is 13.2 Å². The van der Waals surface area contributed by atoms with Crippen molar-refractivity contribution in [2.24, 2.45) is 0 Å². The van der Waals surface area contributed by atoms with E-state index < -0.39 is 47.7 Å². The lowest BCUT2D eigenvalue weighted by Gasteiger charge is -2.46. The summed E-state index contributed by atoms with van der Waals surface area (Å²) >= 11 is 5.11. The van der Waals surface area contributed by atoms with E-state index >= 15 is 0 Å². The Balaban J connectivity index is 1.78. The first-order valence-corrected chi connectivity index (χ1v) is 12.4. The standard InChI is InChI=1S/C24H19BrF3N3O3S/c1-13(24(26,27)28)29-12-31(30-9-8-18(32)22(33)21(30)23(29)34)20-16-7-6-15(25)10-14(16)11-35-19-5-3-2-4-17(19)20/h2-10,13,20,33H,11-12H2,1H3/t13?,20-/m0/s1. The Hall–Kier alpha value is -2.92. The molecule has 1 aromatic heterocycles. The number of rotatable bonds is 2. The summed E-state index contributed by atoms with van der Waals surface area (Å²) in [6, 6.07) is 11.7. The molecule has 0 saturated heterocycles. The minimum atomic E-state index is -4.70. The number of aromatic hydroxyl groups is 1. The fourth-order valence-electron chi connectivity index (χ4n) is 4.48. The van der Waals surface area contributed by atoms with E-state index in [2.05, 4.69) is 15.9 Å². The van der Waals surface area contributed by atoms with E-state index in [0.717, 1.165) is 39.0 Å². The molecule has 0 bridgehead atoms. The van der Waals surface area contributed by atoms with Crippen molar-refractivity contribution >= 4 is 33.6 Å². The van der Waals surface area contributed by atoms with Crippen LogP contribution in [0.1, 0.15) is 40.1 Å². The summed E-state index contributed by atoms with van der Waals surface area (Å²) in [7, 11) is 0. The molecule has 5 rings (SSSR count). The maximum Gasteiger partial charge on any atom is 0.408 e. The lowest BCUT2D eigenvalue weighted by molar-refractivity contribution is -0.173. The molecule has 2 aliphatic rings. The lowest BCUT2D eigenvalue weighted by Crippen LogP contribution is -2.60. The third kappa shape index (κ3) is 4.00. The monoisotopic (exact) mass is 565 g/mol. The largest absolute Gasteiger partial charge is 0.502 e. The highest BCUT2D eigenvalue weighted by Crippen LogP contribution is 2.44. The van der Waals surface area contributed by atoms with E-state index in [9.17, 15) is 27.9 Å². The van der Waals surface area contributed by atoms with Gasteiger partial charge in [-0.2, -0.15) is 13.2 Å². The van der Waals surface area contributed by atoms with Gasteiger partial charge in [0.2, 0.25) is 5.43 Å². The van der Waals surface area contributed by atoms with E-state index in [1.54, 1.807) is 16.8 Å². The van der Waals surface area contributed by atoms with Gasteiger partial charge < -0.3 is 10.0 Å². The fraction of sp³-hybridized carbons (Fsp3) is 0.250. The second-order valence-corrected chi connectivity index (χ2v) is 10.3. The van der Waals surface area contributed by atoms with Gasteiger partial charge in [-0.25, -0.2) is 0 Å². The molecular formula is C24H19BrF3N3O3S. The number of thioether (sulfide) groups is 1. The molecule has 0 spiro atoms. The molecule has 0 radical (unpaired) electrons. The van der Waals surface area contributed by atoms with Crippen LogP contribution in [0.3, 0.4) is 0 Å². The topological polar surface area (TPSA) is 65.8 Å². The SMILES string of the molecule is CC(N1CN([C@H]2c3ccc(Br)cc3CSc3ccccc32)n2ccc(=O)c(O)c2C1=O)C(F)(F)F. The van der Waals surface area contributed by atoms with Crippen molar-refractivity contribution in [3.05, 3.63) is 91.8 Å². The first-order chi connectivity index (χ1) is 16.6. The van der Waals surface area contributed by atoms with Gasteiger partial charge in [0.25, 0.3) is 5.91 Å². The summed E-state index contributed by atoms with van der Waals surface area (Å²) in [5.41, 5.74) is 1.34. The zero-order valence-electron chi connectivity index (χ0n) is 18.3. The summed E-state index contributed by atoms with van der Waals surface area (Å²) in [5.74, 6) is -1.30. The van der Waals surface area contributed by atoms with Crippen LogP contribution in [-0.2, 0) is 5.75 Å². The molecular weight excluding hydrogens is 547 g/mol. The number of hydrogen-bond acceptors (Lipinski definition) is 5. The molecule has 11 heteroatoms. The fourth-order valence-corrected chi connectivity index (χ4v) is 5.97. The number of nitrogens with zero attached hydrogens (tertiary/aromatic N) is 3. The molecule has 1 N–H and O–H groups in total. The van der Waals surface area contributed by atoms with Crippen LogP contribution in [0, 0.1) is 0 Å². The third-order valence-electron chi connectivity index (χ3n) is 6.33. The Labute approximate surface area is 211 Å². The van der Waals surface area contributed by atoms with Gasteiger partial charge >= 0.3 is 6.18 Å². The van der Waals surface area contributed by atoms with Gasteiger partial charge in [0, 0.05) is 27.4 Å².